The molecule has 24 heavy (non-hydrogen) atoms. The number of sulfonamides is 1. The highest BCUT2D eigenvalue weighted by atomic mass is 32.2. The van der Waals surface area contributed by atoms with Crippen molar-refractivity contribution < 1.29 is 17.9 Å². The van der Waals surface area contributed by atoms with Crippen LogP contribution in [0.4, 0.5) is 11.4 Å². The Labute approximate surface area is 141 Å². The summed E-state index contributed by atoms with van der Waals surface area (Å²) in [5, 5.41) is 2.66. The van der Waals surface area contributed by atoms with Gasteiger partial charge in [-0.1, -0.05) is 12.1 Å². The van der Waals surface area contributed by atoms with Gasteiger partial charge in [-0.3, -0.25) is 9.52 Å². The average Bonchev–Trinajstić information content (AvgIpc) is 2.48. The van der Waals surface area contributed by atoms with Crippen LogP contribution in [0.15, 0.2) is 42.6 Å². The minimum atomic E-state index is -3.45. The summed E-state index contributed by atoms with van der Waals surface area (Å²) in [7, 11) is -3.45. The number of rotatable bonds is 6. The maximum Gasteiger partial charge on any atom is 0.257 e. The number of ether oxygens (including phenoxy) is 1. The fraction of sp³-hybridized carbons (Fsp3) is 0.250. The highest BCUT2D eigenvalue weighted by molar-refractivity contribution is 7.92. The van der Waals surface area contributed by atoms with Crippen molar-refractivity contribution >= 4 is 27.3 Å². The minimum absolute atomic E-state index is 0.00822. The zero-order chi connectivity index (χ0) is 17.7. The zero-order valence-corrected chi connectivity index (χ0v) is 14.4. The van der Waals surface area contributed by atoms with Crippen LogP contribution in [0.5, 0.6) is 5.88 Å². The lowest BCUT2D eigenvalue weighted by molar-refractivity contribution is 0.102. The van der Waals surface area contributed by atoms with E-state index in [0.717, 1.165) is 6.26 Å². The maximum absolute atomic E-state index is 12.3. The molecule has 0 spiro atoms. The van der Waals surface area contributed by atoms with E-state index in [1.165, 1.54) is 6.20 Å². The molecule has 7 nitrogen and oxygen atoms in total. The molecule has 2 aromatic rings. The molecule has 1 heterocycles. The molecule has 0 aliphatic rings. The lowest BCUT2D eigenvalue weighted by Crippen LogP contribution is -2.16. The van der Waals surface area contributed by atoms with Crippen molar-refractivity contribution in [1.82, 2.24) is 4.98 Å². The van der Waals surface area contributed by atoms with Crippen LogP contribution in [-0.4, -0.2) is 31.7 Å². The van der Waals surface area contributed by atoms with E-state index in [2.05, 4.69) is 15.0 Å². The predicted octanol–water partition coefficient (Wildman–Crippen LogP) is 2.49. The van der Waals surface area contributed by atoms with E-state index in [1.807, 2.05) is 13.8 Å². The standard InChI is InChI=1S/C16H19N3O4S/c1-11(2)23-15-9-8-12(10-17-15)16(20)18-13-6-4-5-7-14(13)19-24(3,21)22/h4-11,19H,1-3H3,(H,18,20). The molecule has 0 unspecified atom stereocenters. The SMILES string of the molecule is CC(C)Oc1ccc(C(=O)Nc2ccccc2NS(C)(=O)=O)cn1. The second-order valence-corrected chi connectivity index (χ2v) is 7.17. The van der Waals surface area contributed by atoms with Crippen molar-refractivity contribution in [3.05, 3.63) is 48.2 Å². The van der Waals surface area contributed by atoms with Gasteiger partial charge in [0.25, 0.3) is 5.91 Å². The van der Waals surface area contributed by atoms with Gasteiger partial charge in [-0.25, -0.2) is 13.4 Å². The van der Waals surface area contributed by atoms with Crippen LogP contribution >= 0.6 is 0 Å². The molecular formula is C16H19N3O4S. The number of nitrogens with one attached hydrogen (secondary N) is 2. The minimum Gasteiger partial charge on any atom is -0.475 e. The topological polar surface area (TPSA) is 97.4 Å². The molecule has 1 aromatic carbocycles. The Kier molecular flexibility index (Phi) is 5.40. The molecule has 0 radical (unpaired) electrons. The van der Waals surface area contributed by atoms with Crippen molar-refractivity contribution in [3.63, 3.8) is 0 Å². The maximum atomic E-state index is 12.3. The monoisotopic (exact) mass is 349 g/mol. The third kappa shape index (κ3) is 5.24. The van der Waals surface area contributed by atoms with Crippen LogP contribution in [0, 0.1) is 0 Å². The highest BCUT2D eigenvalue weighted by Crippen LogP contribution is 2.22. The summed E-state index contributed by atoms with van der Waals surface area (Å²) in [6, 6.07) is 9.73. The van der Waals surface area contributed by atoms with Crippen molar-refractivity contribution in [2.75, 3.05) is 16.3 Å². The molecule has 0 atom stereocenters. The van der Waals surface area contributed by atoms with E-state index in [4.69, 9.17) is 4.74 Å². The zero-order valence-electron chi connectivity index (χ0n) is 13.6. The molecular weight excluding hydrogens is 330 g/mol. The van der Waals surface area contributed by atoms with Crippen molar-refractivity contribution in [2.24, 2.45) is 0 Å². The number of pyridine rings is 1. The lowest BCUT2D eigenvalue weighted by atomic mass is 10.2. The molecule has 2 rings (SSSR count). The molecule has 8 heteroatoms. The predicted molar refractivity (Wildman–Crippen MR) is 92.9 cm³/mol. The molecule has 0 aliphatic carbocycles. The van der Waals surface area contributed by atoms with E-state index in [-0.39, 0.29) is 6.10 Å². The second kappa shape index (κ2) is 7.31. The Hall–Kier alpha value is -2.61. The second-order valence-electron chi connectivity index (χ2n) is 5.43. The number of carbonyl (C=O) groups is 1. The van der Waals surface area contributed by atoms with Gasteiger partial charge in [0.2, 0.25) is 15.9 Å². The molecule has 128 valence electrons. The Balaban J connectivity index is 2.15. The van der Waals surface area contributed by atoms with E-state index >= 15 is 0 Å². The van der Waals surface area contributed by atoms with E-state index in [0.29, 0.717) is 22.8 Å². The first-order valence-corrected chi connectivity index (χ1v) is 9.14. The first-order valence-electron chi connectivity index (χ1n) is 7.25. The van der Waals surface area contributed by atoms with Gasteiger partial charge in [-0.15, -0.1) is 0 Å². The third-order valence-electron chi connectivity index (χ3n) is 2.83. The smallest absolute Gasteiger partial charge is 0.257 e. The lowest BCUT2D eigenvalue weighted by Gasteiger charge is -2.12. The highest BCUT2D eigenvalue weighted by Gasteiger charge is 2.12. The first kappa shape index (κ1) is 17.7. The summed E-state index contributed by atoms with van der Waals surface area (Å²) in [6.07, 6.45) is 2.44. The van der Waals surface area contributed by atoms with Gasteiger partial charge in [-0.2, -0.15) is 0 Å². The molecule has 0 fully saturated rings. The van der Waals surface area contributed by atoms with Crippen LogP contribution in [0.2, 0.25) is 0 Å². The van der Waals surface area contributed by atoms with E-state index < -0.39 is 15.9 Å². The van der Waals surface area contributed by atoms with Crippen LogP contribution in [-0.2, 0) is 10.0 Å². The van der Waals surface area contributed by atoms with Crippen LogP contribution in [0.25, 0.3) is 0 Å². The summed E-state index contributed by atoms with van der Waals surface area (Å²) in [5.41, 5.74) is 0.983. The Morgan fingerprint density at radius 2 is 1.79 bits per heavy atom. The Bertz CT molecular complexity index is 817. The summed E-state index contributed by atoms with van der Waals surface area (Å²) in [4.78, 5) is 16.4. The van der Waals surface area contributed by atoms with Crippen LogP contribution in [0.1, 0.15) is 24.2 Å². The van der Waals surface area contributed by atoms with Crippen molar-refractivity contribution in [2.45, 2.75) is 20.0 Å². The fourth-order valence-corrected chi connectivity index (χ4v) is 2.48. The van der Waals surface area contributed by atoms with Gasteiger partial charge >= 0.3 is 0 Å². The molecule has 0 aliphatic heterocycles. The van der Waals surface area contributed by atoms with E-state index in [9.17, 15) is 13.2 Å². The average molecular weight is 349 g/mol. The van der Waals surface area contributed by atoms with Crippen LogP contribution in [0.3, 0.4) is 0 Å². The van der Waals surface area contributed by atoms with Crippen LogP contribution < -0.4 is 14.8 Å². The number of nitrogens with zero attached hydrogens (tertiary/aromatic N) is 1. The first-order chi connectivity index (χ1) is 11.2. The number of amides is 1. The van der Waals surface area contributed by atoms with Gasteiger partial charge in [0.05, 0.1) is 29.3 Å². The van der Waals surface area contributed by atoms with Gasteiger partial charge in [0, 0.05) is 12.3 Å². The largest absolute Gasteiger partial charge is 0.475 e. The number of aromatic nitrogens is 1. The fourth-order valence-electron chi connectivity index (χ4n) is 1.90. The normalized spacial score (nSPS) is 11.2. The van der Waals surface area contributed by atoms with Crippen molar-refractivity contribution in [3.8, 4) is 5.88 Å². The number of benzene rings is 1. The molecule has 2 N–H and O–H groups in total. The Morgan fingerprint density at radius 1 is 1.12 bits per heavy atom. The number of anilines is 2. The molecule has 0 bridgehead atoms. The quantitative estimate of drug-likeness (QED) is 0.835. The summed E-state index contributed by atoms with van der Waals surface area (Å²) in [5.74, 6) is 0.0297. The number of hydrogen-bond acceptors (Lipinski definition) is 5. The van der Waals surface area contributed by atoms with Gasteiger partial charge < -0.3 is 10.1 Å². The van der Waals surface area contributed by atoms with Gasteiger partial charge in [0.15, 0.2) is 0 Å². The molecule has 0 saturated carbocycles. The van der Waals surface area contributed by atoms with Crippen molar-refractivity contribution in [1.29, 1.82) is 0 Å². The van der Waals surface area contributed by atoms with Gasteiger partial charge in [-0.05, 0) is 32.0 Å². The number of para-hydroxylation sites is 2. The third-order valence-corrected chi connectivity index (χ3v) is 3.42. The molecule has 0 saturated heterocycles. The number of hydrogen-bond donors (Lipinski definition) is 2. The number of carbonyl (C=O) groups excluding carboxylic acids is 1. The Morgan fingerprint density at radius 3 is 2.33 bits per heavy atom. The van der Waals surface area contributed by atoms with Gasteiger partial charge in [0.1, 0.15) is 0 Å². The molecule has 1 amide bonds. The summed E-state index contributed by atoms with van der Waals surface area (Å²) in [6.45, 7) is 3.77. The molecule has 1 aromatic heterocycles. The summed E-state index contributed by atoms with van der Waals surface area (Å²) >= 11 is 0. The van der Waals surface area contributed by atoms with E-state index in [1.54, 1.807) is 36.4 Å². The summed E-state index contributed by atoms with van der Waals surface area (Å²) < 4.78 is 30.6.